The lowest BCUT2D eigenvalue weighted by atomic mass is 9.94. The summed E-state index contributed by atoms with van der Waals surface area (Å²) in [5, 5.41) is 9.18. The molecule has 1 aliphatic rings. The summed E-state index contributed by atoms with van der Waals surface area (Å²) >= 11 is 0. The van der Waals surface area contributed by atoms with Crippen molar-refractivity contribution in [1.29, 1.82) is 0 Å². The summed E-state index contributed by atoms with van der Waals surface area (Å²) in [5.74, 6) is 0.0286. The van der Waals surface area contributed by atoms with Crippen molar-refractivity contribution in [1.82, 2.24) is 0 Å². The molecule has 110 valence electrons. The Hall–Kier alpha value is -1.95. The number of hydrogen-bond donors (Lipinski definition) is 2. The van der Waals surface area contributed by atoms with Crippen molar-refractivity contribution in [3.05, 3.63) is 18.2 Å². The standard InChI is InChI=1S/C14H20N2O4/c1-19-12-4-3-11(6-13(12)20-2)16-7-9(14(17)18)5-10(15)8-16/h3-4,6,9-10H,5,7-8,15H2,1-2H3,(H,17,18). The second-order valence-corrected chi connectivity index (χ2v) is 4.98. The molecule has 0 spiro atoms. The number of carboxylic acid groups (broad SMARTS) is 1. The third-order valence-corrected chi connectivity index (χ3v) is 3.56. The fourth-order valence-corrected chi connectivity index (χ4v) is 2.55. The molecule has 0 aliphatic carbocycles. The SMILES string of the molecule is COc1ccc(N2CC(N)CC(C(=O)O)C2)cc1OC. The number of ether oxygens (including phenoxy) is 2. The molecule has 1 aliphatic heterocycles. The number of nitrogens with two attached hydrogens (primary N) is 1. The third kappa shape index (κ3) is 2.96. The zero-order valence-corrected chi connectivity index (χ0v) is 11.7. The largest absolute Gasteiger partial charge is 0.493 e. The van der Waals surface area contributed by atoms with Gasteiger partial charge in [-0.3, -0.25) is 4.79 Å². The Balaban J connectivity index is 2.23. The van der Waals surface area contributed by atoms with Gasteiger partial charge in [-0.05, 0) is 18.6 Å². The molecule has 0 saturated carbocycles. The Morgan fingerprint density at radius 1 is 1.30 bits per heavy atom. The predicted molar refractivity (Wildman–Crippen MR) is 75.5 cm³/mol. The molecule has 2 unspecified atom stereocenters. The first-order valence-electron chi connectivity index (χ1n) is 6.50. The fourth-order valence-electron chi connectivity index (χ4n) is 2.55. The van der Waals surface area contributed by atoms with Crippen molar-refractivity contribution in [2.24, 2.45) is 11.7 Å². The van der Waals surface area contributed by atoms with Crippen molar-refractivity contribution in [2.45, 2.75) is 12.5 Å². The topological polar surface area (TPSA) is 85.0 Å². The molecular weight excluding hydrogens is 260 g/mol. The number of anilines is 1. The zero-order chi connectivity index (χ0) is 14.7. The molecule has 0 amide bonds. The number of carboxylic acids is 1. The number of piperidine rings is 1. The molecule has 6 nitrogen and oxygen atoms in total. The van der Waals surface area contributed by atoms with Gasteiger partial charge < -0.3 is 25.2 Å². The van der Waals surface area contributed by atoms with Crippen LogP contribution in [0.4, 0.5) is 5.69 Å². The Kier molecular flexibility index (Phi) is 4.34. The van der Waals surface area contributed by atoms with E-state index in [0.717, 1.165) is 5.69 Å². The van der Waals surface area contributed by atoms with E-state index in [1.54, 1.807) is 14.2 Å². The molecule has 1 fully saturated rings. The third-order valence-electron chi connectivity index (χ3n) is 3.56. The van der Waals surface area contributed by atoms with E-state index in [9.17, 15) is 9.90 Å². The predicted octanol–water partition coefficient (Wildman–Crippen LogP) is 0.942. The van der Waals surface area contributed by atoms with Gasteiger partial charge in [-0.15, -0.1) is 0 Å². The molecule has 3 N–H and O–H groups in total. The van der Waals surface area contributed by atoms with Crippen LogP contribution in [-0.2, 0) is 4.79 Å². The smallest absolute Gasteiger partial charge is 0.308 e. The maximum Gasteiger partial charge on any atom is 0.308 e. The Morgan fingerprint density at radius 3 is 2.60 bits per heavy atom. The first-order chi connectivity index (χ1) is 9.55. The molecule has 1 aromatic carbocycles. The van der Waals surface area contributed by atoms with Crippen LogP contribution in [0.5, 0.6) is 11.5 Å². The maximum atomic E-state index is 11.2. The Bertz CT molecular complexity index is 492. The van der Waals surface area contributed by atoms with E-state index in [0.29, 0.717) is 31.0 Å². The molecule has 1 aromatic rings. The Morgan fingerprint density at radius 2 is 2.00 bits per heavy atom. The molecule has 0 radical (unpaired) electrons. The first kappa shape index (κ1) is 14.5. The lowest BCUT2D eigenvalue weighted by molar-refractivity contribution is -0.142. The van der Waals surface area contributed by atoms with Crippen molar-refractivity contribution in [3.8, 4) is 11.5 Å². The highest BCUT2D eigenvalue weighted by molar-refractivity contribution is 5.71. The monoisotopic (exact) mass is 280 g/mol. The van der Waals surface area contributed by atoms with Crippen LogP contribution in [0.1, 0.15) is 6.42 Å². The summed E-state index contributed by atoms with van der Waals surface area (Å²) in [4.78, 5) is 13.2. The van der Waals surface area contributed by atoms with E-state index in [-0.39, 0.29) is 6.04 Å². The highest BCUT2D eigenvalue weighted by Crippen LogP contribution is 2.33. The molecule has 2 rings (SSSR count). The van der Waals surface area contributed by atoms with Crippen LogP contribution < -0.4 is 20.1 Å². The second-order valence-electron chi connectivity index (χ2n) is 4.98. The average Bonchev–Trinajstić information content (AvgIpc) is 2.45. The van der Waals surface area contributed by atoms with Gasteiger partial charge in [0.2, 0.25) is 0 Å². The van der Waals surface area contributed by atoms with Crippen molar-refractivity contribution >= 4 is 11.7 Å². The molecule has 20 heavy (non-hydrogen) atoms. The summed E-state index contributed by atoms with van der Waals surface area (Å²) < 4.78 is 10.5. The van der Waals surface area contributed by atoms with Gasteiger partial charge in [0.25, 0.3) is 0 Å². The van der Waals surface area contributed by atoms with Gasteiger partial charge in [-0.25, -0.2) is 0 Å². The van der Waals surface area contributed by atoms with Crippen LogP contribution >= 0.6 is 0 Å². The first-order valence-corrected chi connectivity index (χ1v) is 6.50. The van der Waals surface area contributed by atoms with E-state index in [1.165, 1.54) is 0 Å². The number of nitrogens with zero attached hydrogens (tertiary/aromatic N) is 1. The van der Waals surface area contributed by atoms with Gasteiger partial charge in [0.15, 0.2) is 11.5 Å². The summed E-state index contributed by atoms with van der Waals surface area (Å²) in [5.41, 5.74) is 6.85. The summed E-state index contributed by atoms with van der Waals surface area (Å²) in [7, 11) is 3.15. The van der Waals surface area contributed by atoms with Crippen molar-refractivity contribution in [2.75, 3.05) is 32.2 Å². The van der Waals surface area contributed by atoms with Crippen LogP contribution in [0, 0.1) is 5.92 Å². The van der Waals surface area contributed by atoms with Crippen LogP contribution in [0.3, 0.4) is 0 Å². The number of benzene rings is 1. The van der Waals surface area contributed by atoms with Crippen LogP contribution in [0.2, 0.25) is 0 Å². The lowest BCUT2D eigenvalue weighted by Crippen LogP contribution is -2.49. The van der Waals surface area contributed by atoms with Gasteiger partial charge >= 0.3 is 5.97 Å². The van der Waals surface area contributed by atoms with Gasteiger partial charge in [0.1, 0.15) is 0 Å². The number of aliphatic carboxylic acids is 1. The molecule has 1 heterocycles. The maximum absolute atomic E-state index is 11.2. The van der Waals surface area contributed by atoms with E-state index < -0.39 is 11.9 Å². The summed E-state index contributed by atoms with van der Waals surface area (Å²) in [6.07, 6.45) is 0.513. The number of carbonyl (C=O) groups is 1. The number of hydrogen-bond acceptors (Lipinski definition) is 5. The molecule has 2 atom stereocenters. The number of rotatable bonds is 4. The quantitative estimate of drug-likeness (QED) is 0.854. The summed E-state index contributed by atoms with van der Waals surface area (Å²) in [6, 6.07) is 5.40. The van der Waals surface area contributed by atoms with Crippen LogP contribution in [-0.4, -0.2) is 44.4 Å². The van der Waals surface area contributed by atoms with Gasteiger partial charge in [0.05, 0.1) is 20.1 Å². The van der Waals surface area contributed by atoms with Crippen LogP contribution in [0.15, 0.2) is 18.2 Å². The van der Waals surface area contributed by atoms with Gasteiger partial charge in [0, 0.05) is 30.9 Å². The Labute approximate surface area is 118 Å². The number of methoxy groups -OCH3 is 2. The molecular formula is C14H20N2O4. The zero-order valence-electron chi connectivity index (χ0n) is 11.7. The van der Waals surface area contributed by atoms with Gasteiger partial charge in [-0.1, -0.05) is 0 Å². The minimum Gasteiger partial charge on any atom is -0.493 e. The molecule has 0 aromatic heterocycles. The average molecular weight is 280 g/mol. The van der Waals surface area contributed by atoms with Crippen LogP contribution in [0.25, 0.3) is 0 Å². The minimum atomic E-state index is -0.800. The molecule has 1 saturated heterocycles. The van der Waals surface area contributed by atoms with E-state index in [1.807, 2.05) is 23.1 Å². The highest BCUT2D eigenvalue weighted by Gasteiger charge is 2.30. The highest BCUT2D eigenvalue weighted by atomic mass is 16.5. The molecule has 6 heteroatoms. The van der Waals surface area contributed by atoms with E-state index in [4.69, 9.17) is 15.2 Å². The minimum absolute atomic E-state index is 0.141. The normalized spacial score (nSPS) is 22.4. The van der Waals surface area contributed by atoms with Gasteiger partial charge in [-0.2, -0.15) is 0 Å². The second kappa shape index (κ2) is 6.00. The summed E-state index contributed by atoms with van der Waals surface area (Å²) in [6.45, 7) is 1.10. The van der Waals surface area contributed by atoms with Crippen molar-refractivity contribution in [3.63, 3.8) is 0 Å². The van der Waals surface area contributed by atoms with E-state index >= 15 is 0 Å². The lowest BCUT2D eigenvalue weighted by Gasteiger charge is -2.36. The van der Waals surface area contributed by atoms with E-state index in [2.05, 4.69) is 0 Å². The fraction of sp³-hybridized carbons (Fsp3) is 0.500. The van der Waals surface area contributed by atoms with Crippen molar-refractivity contribution < 1.29 is 19.4 Å². The molecule has 0 bridgehead atoms.